The van der Waals surface area contributed by atoms with Crippen molar-refractivity contribution in [3.63, 3.8) is 0 Å². The number of carbonyl (C=O) groups excluding carboxylic acids is 1. The molecule has 0 heterocycles. The van der Waals surface area contributed by atoms with Crippen LogP contribution in [0.1, 0.15) is 27.2 Å². The van der Waals surface area contributed by atoms with E-state index in [4.69, 9.17) is 5.26 Å². The lowest BCUT2D eigenvalue weighted by Crippen LogP contribution is -1.91. The van der Waals surface area contributed by atoms with Crippen LogP contribution in [-0.2, 0) is 0 Å². The van der Waals surface area contributed by atoms with Gasteiger partial charge in [0.05, 0.1) is 6.07 Å². The van der Waals surface area contributed by atoms with Crippen LogP contribution in [0.3, 0.4) is 0 Å². The van der Waals surface area contributed by atoms with E-state index in [0.29, 0.717) is 12.3 Å². The van der Waals surface area contributed by atoms with Crippen molar-refractivity contribution < 1.29 is 4.79 Å². The molecule has 0 saturated carbocycles. The molecule has 0 fully saturated rings. The Labute approximate surface area is 84.1 Å². The van der Waals surface area contributed by atoms with Crippen LogP contribution < -0.4 is 0 Å². The summed E-state index contributed by atoms with van der Waals surface area (Å²) in [6.45, 7) is 5.97. The fourth-order valence-electron chi connectivity index (χ4n) is 0.238. The first-order valence-corrected chi connectivity index (χ1v) is 5.20. The minimum Gasteiger partial charge on any atom is -0.275 e. The number of rotatable bonds is 2. The Morgan fingerprint density at radius 2 is 2.08 bits per heavy atom. The molecule has 0 bridgehead atoms. The lowest BCUT2D eigenvalue weighted by molar-refractivity contribution is 0.277. The lowest BCUT2D eigenvalue weighted by atomic mass is 10.3. The summed E-state index contributed by atoms with van der Waals surface area (Å²) in [6.07, 6.45) is 0.625. The summed E-state index contributed by atoms with van der Waals surface area (Å²) in [4.78, 5) is 10.2. The second-order valence-corrected chi connectivity index (χ2v) is 4.18. The highest BCUT2D eigenvalue weighted by Gasteiger charge is 1.96. The monoisotopic (exact) mass is 205 g/mol. The van der Waals surface area contributed by atoms with Crippen LogP contribution in [0.2, 0.25) is 0 Å². The average molecular weight is 205 g/mol. The molecular weight excluding hydrogens is 190 g/mol. The van der Waals surface area contributed by atoms with Crippen LogP contribution in [0.4, 0.5) is 4.79 Å². The van der Waals surface area contributed by atoms with Crippen LogP contribution in [0, 0.1) is 17.2 Å². The maximum atomic E-state index is 10.2. The van der Waals surface area contributed by atoms with Crippen LogP contribution in [0.5, 0.6) is 0 Å². The minimum atomic E-state index is -0.0845. The van der Waals surface area contributed by atoms with Gasteiger partial charge in [-0.3, -0.25) is 4.79 Å². The van der Waals surface area contributed by atoms with E-state index >= 15 is 0 Å². The number of nitriles is 1. The van der Waals surface area contributed by atoms with Crippen molar-refractivity contribution in [1.29, 1.82) is 5.26 Å². The fourth-order valence-corrected chi connectivity index (χ4v) is 0.937. The molecule has 0 aliphatic rings. The summed E-state index contributed by atoms with van der Waals surface area (Å²) in [5, 5.41) is 7.62. The second-order valence-electron chi connectivity index (χ2n) is 2.48. The molecule has 0 N–H and O–H groups in total. The van der Waals surface area contributed by atoms with Gasteiger partial charge < -0.3 is 0 Å². The summed E-state index contributed by atoms with van der Waals surface area (Å²) in [5.41, 5.74) is 0. The number of thiol groups is 1. The van der Waals surface area contributed by atoms with Crippen molar-refractivity contribution in [3.8, 4) is 6.07 Å². The first-order valence-electron chi connectivity index (χ1n) is 3.77. The quantitative estimate of drug-likeness (QED) is 0.703. The summed E-state index contributed by atoms with van der Waals surface area (Å²) in [5.74, 6) is 1.46. The van der Waals surface area contributed by atoms with E-state index in [1.54, 1.807) is 0 Å². The van der Waals surface area contributed by atoms with Gasteiger partial charge in [0.25, 0.3) is 0 Å². The van der Waals surface area contributed by atoms with Crippen molar-refractivity contribution >= 4 is 28.8 Å². The van der Waals surface area contributed by atoms with E-state index in [-0.39, 0.29) is 4.45 Å². The van der Waals surface area contributed by atoms with Crippen LogP contribution >= 0.6 is 24.4 Å². The Morgan fingerprint density at radius 1 is 1.67 bits per heavy atom. The molecular formula is C8H15NOS2. The van der Waals surface area contributed by atoms with Crippen molar-refractivity contribution in [2.24, 2.45) is 5.92 Å². The molecule has 0 aromatic carbocycles. The Morgan fingerprint density at radius 3 is 2.17 bits per heavy atom. The number of hydrogen-bond acceptors (Lipinski definition) is 3. The predicted octanol–water partition coefficient (Wildman–Crippen LogP) is 3.35. The lowest BCUT2D eigenvalue weighted by Gasteiger charge is -1.97. The summed E-state index contributed by atoms with van der Waals surface area (Å²) >= 11 is 4.86. The zero-order valence-electron chi connectivity index (χ0n) is 7.70. The molecule has 0 aromatic heterocycles. The molecule has 4 heteroatoms. The Kier molecular flexibility index (Phi) is 13.0. The van der Waals surface area contributed by atoms with Crippen molar-refractivity contribution in [1.82, 2.24) is 0 Å². The molecule has 70 valence electrons. The summed E-state index contributed by atoms with van der Waals surface area (Å²) in [7, 11) is 0. The zero-order chi connectivity index (χ0) is 9.98. The Balaban J connectivity index is 0. The van der Waals surface area contributed by atoms with E-state index in [1.807, 2.05) is 13.0 Å². The van der Waals surface area contributed by atoms with Gasteiger partial charge in [0.2, 0.25) is 4.45 Å². The van der Waals surface area contributed by atoms with Gasteiger partial charge in [0, 0.05) is 12.2 Å². The molecule has 0 amide bonds. The summed E-state index contributed by atoms with van der Waals surface area (Å²) < 4.78 is -0.0845. The third-order valence-corrected chi connectivity index (χ3v) is 2.17. The van der Waals surface area contributed by atoms with Gasteiger partial charge >= 0.3 is 0 Å². The first kappa shape index (κ1) is 14.4. The van der Waals surface area contributed by atoms with Crippen LogP contribution in [-0.4, -0.2) is 10.2 Å². The SMILES string of the molecule is CC(C)CSC(=O)S.CCC#N. The molecule has 12 heavy (non-hydrogen) atoms. The largest absolute Gasteiger partial charge is 0.275 e. The maximum absolute atomic E-state index is 10.2. The molecule has 0 unspecified atom stereocenters. The molecule has 0 radical (unpaired) electrons. The summed E-state index contributed by atoms with van der Waals surface area (Å²) in [6, 6.07) is 1.93. The standard InChI is InChI=1S/C5H10OS2.C3H5N/c1-4(2)3-8-5(6)7;1-2-3-4/h4H,3H2,1-2H3,(H,6,7);2H2,1H3. The molecule has 2 nitrogen and oxygen atoms in total. The molecule has 0 aliphatic heterocycles. The fraction of sp³-hybridized carbons (Fsp3) is 0.750. The molecule has 0 spiro atoms. The van der Waals surface area contributed by atoms with E-state index in [1.165, 1.54) is 11.8 Å². The smallest absolute Gasteiger partial charge is 0.243 e. The van der Waals surface area contributed by atoms with E-state index in [2.05, 4.69) is 26.5 Å². The van der Waals surface area contributed by atoms with Crippen LogP contribution in [0.25, 0.3) is 0 Å². The van der Waals surface area contributed by atoms with Crippen molar-refractivity contribution in [3.05, 3.63) is 0 Å². The molecule has 0 aliphatic carbocycles. The van der Waals surface area contributed by atoms with E-state index in [9.17, 15) is 4.79 Å². The number of carbonyl (C=O) groups is 1. The Bertz CT molecular complexity index is 152. The second kappa shape index (κ2) is 10.9. The average Bonchev–Trinajstić information content (AvgIpc) is 2.01. The number of nitrogens with zero attached hydrogens (tertiary/aromatic N) is 1. The predicted molar refractivity (Wildman–Crippen MR) is 57.6 cm³/mol. The first-order chi connectivity index (χ1) is 5.54. The topological polar surface area (TPSA) is 40.9 Å². The third kappa shape index (κ3) is 22.5. The molecule has 0 aromatic rings. The van der Waals surface area contributed by atoms with Crippen molar-refractivity contribution in [2.45, 2.75) is 27.2 Å². The van der Waals surface area contributed by atoms with Gasteiger partial charge in [-0.15, -0.1) is 0 Å². The zero-order valence-corrected chi connectivity index (χ0v) is 9.41. The molecule has 0 atom stereocenters. The van der Waals surface area contributed by atoms with E-state index < -0.39 is 0 Å². The van der Waals surface area contributed by atoms with Gasteiger partial charge in [-0.05, 0) is 5.92 Å². The van der Waals surface area contributed by atoms with Gasteiger partial charge in [-0.1, -0.05) is 45.2 Å². The van der Waals surface area contributed by atoms with Gasteiger partial charge in [0.15, 0.2) is 0 Å². The normalized spacial score (nSPS) is 8.33. The Hall–Kier alpha value is -0.140. The highest BCUT2D eigenvalue weighted by atomic mass is 32.2. The molecule has 0 rings (SSSR count). The van der Waals surface area contributed by atoms with Crippen LogP contribution in [0.15, 0.2) is 0 Å². The van der Waals surface area contributed by atoms with Gasteiger partial charge in [-0.2, -0.15) is 5.26 Å². The van der Waals surface area contributed by atoms with Crippen molar-refractivity contribution in [2.75, 3.05) is 5.75 Å². The van der Waals surface area contributed by atoms with Gasteiger partial charge in [0.1, 0.15) is 0 Å². The highest BCUT2D eigenvalue weighted by Crippen LogP contribution is 2.10. The third-order valence-electron chi connectivity index (χ3n) is 0.698. The molecule has 0 saturated heterocycles. The van der Waals surface area contributed by atoms with Gasteiger partial charge in [-0.25, -0.2) is 0 Å². The minimum absolute atomic E-state index is 0.0845. The maximum Gasteiger partial charge on any atom is 0.243 e. The van der Waals surface area contributed by atoms with E-state index in [0.717, 1.165) is 5.75 Å². The number of thioether (sulfide) groups is 1. The number of hydrogen-bond donors (Lipinski definition) is 1. The highest BCUT2D eigenvalue weighted by molar-refractivity contribution is 8.32.